The molecule has 0 aromatic heterocycles. The minimum absolute atomic E-state index is 0.0876. The van der Waals surface area contributed by atoms with Crippen LogP contribution >= 0.6 is 0 Å². The molecule has 1 saturated heterocycles. The zero-order valence-corrected chi connectivity index (χ0v) is 10.9. The van der Waals surface area contributed by atoms with Crippen LogP contribution in [0.15, 0.2) is 18.2 Å². The van der Waals surface area contributed by atoms with Gasteiger partial charge >= 0.3 is 0 Å². The van der Waals surface area contributed by atoms with Crippen molar-refractivity contribution in [3.05, 3.63) is 33.9 Å². The van der Waals surface area contributed by atoms with Gasteiger partial charge in [0.1, 0.15) is 5.75 Å². The monoisotopic (exact) mass is 266 g/mol. The molecule has 1 aromatic carbocycles. The minimum atomic E-state index is -0.391. The molecule has 0 saturated carbocycles. The molecule has 19 heavy (non-hydrogen) atoms. The van der Waals surface area contributed by atoms with Gasteiger partial charge in [0.15, 0.2) is 0 Å². The molecule has 0 amide bonds. The number of hydrogen-bond donors (Lipinski definition) is 1. The van der Waals surface area contributed by atoms with Crippen molar-refractivity contribution >= 4 is 5.69 Å². The number of benzene rings is 1. The molecule has 1 fully saturated rings. The number of ether oxygens (including phenoxy) is 2. The molecule has 1 aromatic rings. The van der Waals surface area contributed by atoms with Gasteiger partial charge in [-0.15, -0.1) is 0 Å². The van der Waals surface area contributed by atoms with Crippen LogP contribution in [0.4, 0.5) is 5.69 Å². The van der Waals surface area contributed by atoms with Crippen molar-refractivity contribution in [3.8, 4) is 5.75 Å². The summed E-state index contributed by atoms with van der Waals surface area (Å²) in [6, 6.07) is 5.05. The topological polar surface area (TPSA) is 73.6 Å². The fourth-order valence-corrected chi connectivity index (χ4v) is 2.17. The summed E-state index contributed by atoms with van der Waals surface area (Å²) in [6.45, 7) is 2.10. The third-order valence-corrected chi connectivity index (χ3v) is 3.28. The quantitative estimate of drug-likeness (QED) is 0.650. The third kappa shape index (κ3) is 3.65. The van der Waals surface area contributed by atoms with Crippen molar-refractivity contribution in [2.45, 2.75) is 25.4 Å². The van der Waals surface area contributed by atoms with E-state index < -0.39 is 4.92 Å². The molecule has 1 heterocycles. The number of non-ortho nitro benzene ring substituents is 1. The van der Waals surface area contributed by atoms with Crippen LogP contribution in [0.3, 0.4) is 0 Å². The van der Waals surface area contributed by atoms with E-state index in [-0.39, 0.29) is 5.69 Å². The van der Waals surface area contributed by atoms with Gasteiger partial charge in [0, 0.05) is 43.5 Å². The van der Waals surface area contributed by atoms with Crippen LogP contribution in [0.5, 0.6) is 5.75 Å². The number of nitro benzene ring substituents is 1. The summed E-state index contributed by atoms with van der Waals surface area (Å²) >= 11 is 0. The van der Waals surface area contributed by atoms with Crippen LogP contribution in [0.1, 0.15) is 18.4 Å². The van der Waals surface area contributed by atoms with Crippen molar-refractivity contribution in [2.75, 3.05) is 20.3 Å². The van der Waals surface area contributed by atoms with Crippen LogP contribution in [-0.4, -0.2) is 31.3 Å². The maximum Gasteiger partial charge on any atom is 0.270 e. The highest BCUT2D eigenvalue weighted by Gasteiger charge is 2.15. The third-order valence-electron chi connectivity index (χ3n) is 3.28. The lowest BCUT2D eigenvalue weighted by Crippen LogP contribution is -2.34. The summed E-state index contributed by atoms with van der Waals surface area (Å²) in [5, 5.41) is 14.2. The Balaban J connectivity index is 2.04. The lowest BCUT2D eigenvalue weighted by atomic mass is 10.1. The second kappa shape index (κ2) is 6.49. The summed E-state index contributed by atoms with van der Waals surface area (Å²) in [5.74, 6) is 0.671. The molecule has 0 unspecified atom stereocenters. The van der Waals surface area contributed by atoms with Gasteiger partial charge in [-0.2, -0.15) is 0 Å². The average molecular weight is 266 g/mol. The normalized spacial score (nSPS) is 16.3. The summed E-state index contributed by atoms with van der Waals surface area (Å²) in [5.41, 5.74) is 0.896. The molecular formula is C13H18N2O4. The second-order valence-electron chi connectivity index (χ2n) is 4.52. The highest BCUT2D eigenvalue weighted by molar-refractivity contribution is 5.43. The van der Waals surface area contributed by atoms with Crippen LogP contribution in [0.25, 0.3) is 0 Å². The molecule has 1 N–H and O–H groups in total. The standard InChI is InChI=1S/C13H18N2O4/c1-18-13-3-2-12(15(16)17)8-10(13)9-14-11-4-6-19-7-5-11/h2-3,8,11,14H,4-7,9H2,1H3. The zero-order valence-electron chi connectivity index (χ0n) is 10.9. The predicted molar refractivity (Wildman–Crippen MR) is 70.3 cm³/mol. The molecule has 1 aliphatic heterocycles. The largest absolute Gasteiger partial charge is 0.496 e. The highest BCUT2D eigenvalue weighted by atomic mass is 16.6. The van der Waals surface area contributed by atoms with Gasteiger partial charge in [-0.1, -0.05) is 0 Å². The SMILES string of the molecule is COc1ccc([N+](=O)[O-])cc1CNC1CCOCC1. The average Bonchev–Trinajstić information content (AvgIpc) is 2.45. The Labute approximate surface area is 111 Å². The van der Waals surface area contributed by atoms with E-state index in [1.165, 1.54) is 6.07 Å². The van der Waals surface area contributed by atoms with E-state index in [2.05, 4.69) is 5.32 Å². The van der Waals surface area contributed by atoms with Crippen LogP contribution in [0.2, 0.25) is 0 Å². The molecule has 0 atom stereocenters. The van der Waals surface area contributed by atoms with Crippen LogP contribution < -0.4 is 10.1 Å². The number of nitrogens with zero attached hydrogens (tertiary/aromatic N) is 1. The maximum absolute atomic E-state index is 10.8. The van der Waals surface area contributed by atoms with Gasteiger partial charge in [-0.3, -0.25) is 10.1 Å². The number of nitrogens with one attached hydrogen (secondary N) is 1. The Morgan fingerprint density at radius 1 is 1.47 bits per heavy atom. The molecule has 0 bridgehead atoms. The van der Waals surface area contributed by atoms with E-state index in [0.29, 0.717) is 18.3 Å². The van der Waals surface area contributed by atoms with Crippen molar-refractivity contribution in [3.63, 3.8) is 0 Å². The Hall–Kier alpha value is -1.66. The fourth-order valence-electron chi connectivity index (χ4n) is 2.17. The molecule has 0 spiro atoms. The van der Waals surface area contributed by atoms with Crippen molar-refractivity contribution in [1.82, 2.24) is 5.32 Å². The van der Waals surface area contributed by atoms with Gasteiger partial charge in [-0.05, 0) is 18.9 Å². The van der Waals surface area contributed by atoms with E-state index in [1.54, 1.807) is 19.2 Å². The number of nitro groups is 1. The predicted octanol–water partition coefficient (Wildman–Crippen LogP) is 1.87. The van der Waals surface area contributed by atoms with Gasteiger partial charge in [0.05, 0.1) is 12.0 Å². The molecule has 0 aliphatic carbocycles. The Kier molecular flexibility index (Phi) is 4.70. The summed E-state index contributed by atoms with van der Waals surface area (Å²) in [6.07, 6.45) is 1.94. The Morgan fingerprint density at radius 2 is 2.21 bits per heavy atom. The molecule has 6 nitrogen and oxygen atoms in total. The van der Waals surface area contributed by atoms with Gasteiger partial charge < -0.3 is 14.8 Å². The van der Waals surface area contributed by atoms with Gasteiger partial charge in [0.25, 0.3) is 5.69 Å². The highest BCUT2D eigenvalue weighted by Crippen LogP contribution is 2.24. The lowest BCUT2D eigenvalue weighted by Gasteiger charge is -2.23. The first-order chi connectivity index (χ1) is 9.20. The van der Waals surface area contributed by atoms with E-state index in [4.69, 9.17) is 9.47 Å². The molecule has 0 radical (unpaired) electrons. The van der Waals surface area contributed by atoms with E-state index in [9.17, 15) is 10.1 Å². The summed E-state index contributed by atoms with van der Waals surface area (Å²) in [7, 11) is 1.57. The molecule has 6 heteroatoms. The Bertz CT molecular complexity index is 444. The zero-order chi connectivity index (χ0) is 13.7. The molecule has 104 valence electrons. The fraction of sp³-hybridized carbons (Fsp3) is 0.538. The first kappa shape index (κ1) is 13.8. The van der Waals surface area contributed by atoms with Crippen LogP contribution in [0, 0.1) is 10.1 Å². The molecular weight excluding hydrogens is 248 g/mol. The van der Waals surface area contributed by atoms with Gasteiger partial charge in [-0.25, -0.2) is 0 Å². The molecule has 2 rings (SSSR count). The Morgan fingerprint density at radius 3 is 2.84 bits per heavy atom. The number of hydrogen-bond acceptors (Lipinski definition) is 5. The first-order valence-electron chi connectivity index (χ1n) is 6.33. The maximum atomic E-state index is 10.8. The molecule has 1 aliphatic rings. The lowest BCUT2D eigenvalue weighted by molar-refractivity contribution is -0.384. The van der Waals surface area contributed by atoms with Crippen molar-refractivity contribution in [2.24, 2.45) is 0 Å². The smallest absolute Gasteiger partial charge is 0.270 e. The van der Waals surface area contributed by atoms with Crippen LogP contribution in [-0.2, 0) is 11.3 Å². The summed E-state index contributed by atoms with van der Waals surface area (Å²) in [4.78, 5) is 10.4. The van der Waals surface area contributed by atoms with Crippen molar-refractivity contribution < 1.29 is 14.4 Å². The number of rotatable bonds is 5. The summed E-state index contributed by atoms with van der Waals surface area (Å²) < 4.78 is 10.5. The van der Waals surface area contributed by atoms with Crippen molar-refractivity contribution in [1.29, 1.82) is 0 Å². The van der Waals surface area contributed by atoms with Gasteiger partial charge in [0.2, 0.25) is 0 Å². The first-order valence-corrected chi connectivity index (χ1v) is 6.33. The van der Waals surface area contributed by atoms with E-state index in [1.807, 2.05) is 0 Å². The van der Waals surface area contributed by atoms with E-state index >= 15 is 0 Å². The van der Waals surface area contributed by atoms with E-state index in [0.717, 1.165) is 31.6 Å². The minimum Gasteiger partial charge on any atom is -0.496 e. The number of methoxy groups -OCH3 is 1. The second-order valence-corrected chi connectivity index (χ2v) is 4.52.